The van der Waals surface area contributed by atoms with Crippen molar-refractivity contribution in [3.63, 3.8) is 0 Å². The minimum atomic E-state index is -0.364. The lowest BCUT2D eigenvalue weighted by Crippen LogP contribution is -2.14. The number of aromatic nitrogens is 2. The van der Waals surface area contributed by atoms with E-state index in [0.717, 1.165) is 24.4 Å². The predicted molar refractivity (Wildman–Crippen MR) is 116 cm³/mol. The van der Waals surface area contributed by atoms with E-state index in [1.807, 2.05) is 6.07 Å². The van der Waals surface area contributed by atoms with Gasteiger partial charge in [0.2, 0.25) is 5.13 Å². The second-order valence-electron chi connectivity index (χ2n) is 5.70. The Morgan fingerprint density at radius 1 is 1.04 bits per heavy atom. The molecule has 4 aromatic rings. The standard InChI is InChI=1S/C19H14BrN3O3S2/c1-25-12-4-3-5-13(26-2)16(12)17(24)21-19-23-22-18(28-19)15-8-10-6-7-11(20)9-14(10)27-15/h3-9H,1-2H3,(H,21,23,24). The van der Waals surface area contributed by atoms with Gasteiger partial charge in [-0.25, -0.2) is 0 Å². The minimum absolute atomic E-state index is 0.316. The molecule has 142 valence electrons. The highest BCUT2D eigenvalue weighted by atomic mass is 79.9. The average molecular weight is 476 g/mol. The van der Waals surface area contributed by atoms with Gasteiger partial charge in [-0.3, -0.25) is 10.1 Å². The van der Waals surface area contributed by atoms with E-state index >= 15 is 0 Å². The van der Waals surface area contributed by atoms with E-state index in [0.29, 0.717) is 22.2 Å². The lowest BCUT2D eigenvalue weighted by Gasteiger charge is -2.11. The van der Waals surface area contributed by atoms with Crippen LogP contribution < -0.4 is 14.8 Å². The fourth-order valence-electron chi connectivity index (χ4n) is 2.72. The monoisotopic (exact) mass is 475 g/mol. The summed E-state index contributed by atoms with van der Waals surface area (Å²) in [6, 6.07) is 13.4. The number of hydrogen-bond acceptors (Lipinski definition) is 7. The van der Waals surface area contributed by atoms with Crippen LogP contribution in [0.25, 0.3) is 20.0 Å². The van der Waals surface area contributed by atoms with Gasteiger partial charge < -0.3 is 9.47 Å². The third-order valence-electron chi connectivity index (χ3n) is 3.99. The molecule has 1 N–H and O–H groups in total. The molecule has 4 rings (SSSR count). The van der Waals surface area contributed by atoms with Crippen molar-refractivity contribution in [1.82, 2.24) is 10.2 Å². The van der Waals surface area contributed by atoms with Crippen LogP contribution in [0.5, 0.6) is 11.5 Å². The normalized spacial score (nSPS) is 10.8. The SMILES string of the molecule is COc1cccc(OC)c1C(=O)Nc1nnc(-c2cc3ccc(Br)cc3s2)s1. The van der Waals surface area contributed by atoms with Gasteiger partial charge in [0.05, 0.1) is 19.1 Å². The number of ether oxygens (including phenoxy) is 2. The van der Waals surface area contributed by atoms with E-state index < -0.39 is 0 Å². The lowest BCUT2D eigenvalue weighted by molar-refractivity contribution is 0.102. The van der Waals surface area contributed by atoms with Crippen LogP contribution in [0.3, 0.4) is 0 Å². The fourth-order valence-corrected chi connectivity index (χ4v) is 5.11. The van der Waals surface area contributed by atoms with Crippen molar-refractivity contribution >= 4 is 59.7 Å². The van der Waals surface area contributed by atoms with Gasteiger partial charge in [-0.15, -0.1) is 21.5 Å². The highest BCUT2D eigenvalue weighted by Gasteiger charge is 2.20. The molecule has 2 aromatic heterocycles. The molecule has 0 unspecified atom stereocenters. The number of amides is 1. The Labute approximate surface area is 177 Å². The van der Waals surface area contributed by atoms with Crippen LogP contribution >= 0.6 is 38.6 Å². The molecule has 0 saturated carbocycles. The van der Waals surface area contributed by atoms with E-state index in [1.54, 1.807) is 29.5 Å². The summed E-state index contributed by atoms with van der Waals surface area (Å²) in [5.41, 5.74) is 0.316. The molecular weight excluding hydrogens is 462 g/mol. The summed E-state index contributed by atoms with van der Waals surface area (Å²) in [5, 5.41) is 13.4. The van der Waals surface area contributed by atoms with E-state index in [-0.39, 0.29) is 5.91 Å². The second kappa shape index (κ2) is 7.86. The number of benzene rings is 2. The van der Waals surface area contributed by atoms with Crippen molar-refractivity contribution in [2.24, 2.45) is 0 Å². The Bertz CT molecular complexity index is 1150. The molecular formula is C19H14BrN3O3S2. The van der Waals surface area contributed by atoms with Gasteiger partial charge in [0.25, 0.3) is 5.91 Å². The Morgan fingerprint density at radius 2 is 1.79 bits per heavy atom. The molecule has 0 radical (unpaired) electrons. The smallest absolute Gasteiger partial charge is 0.265 e. The van der Waals surface area contributed by atoms with Crippen molar-refractivity contribution in [1.29, 1.82) is 0 Å². The van der Waals surface area contributed by atoms with Gasteiger partial charge in [0.15, 0.2) is 5.01 Å². The number of carbonyl (C=O) groups is 1. The molecule has 2 aromatic carbocycles. The lowest BCUT2D eigenvalue weighted by atomic mass is 10.1. The quantitative estimate of drug-likeness (QED) is 0.415. The molecule has 0 atom stereocenters. The van der Waals surface area contributed by atoms with Crippen molar-refractivity contribution in [3.05, 3.63) is 52.5 Å². The molecule has 1 amide bonds. The zero-order valence-electron chi connectivity index (χ0n) is 14.9. The summed E-state index contributed by atoms with van der Waals surface area (Å²) in [7, 11) is 3.02. The van der Waals surface area contributed by atoms with Crippen molar-refractivity contribution < 1.29 is 14.3 Å². The summed E-state index contributed by atoms with van der Waals surface area (Å²) in [4.78, 5) is 13.8. The number of thiophene rings is 1. The van der Waals surface area contributed by atoms with Gasteiger partial charge in [-0.1, -0.05) is 39.4 Å². The van der Waals surface area contributed by atoms with Crippen LogP contribution in [0.2, 0.25) is 0 Å². The Morgan fingerprint density at radius 3 is 2.50 bits per heavy atom. The number of nitrogens with one attached hydrogen (secondary N) is 1. The van der Waals surface area contributed by atoms with E-state index in [9.17, 15) is 4.79 Å². The number of carbonyl (C=O) groups excluding carboxylic acids is 1. The van der Waals surface area contributed by atoms with Crippen LogP contribution in [0.1, 0.15) is 10.4 Å². The highest BCUT2D eigenvalue weighted by molar-refractivity contribution is 9.10. The molecule has 0 fully saturated rings. The number of halogens is 1. The van der Waals surface area contributed by atoms with Crippen molar-refractivity contribution in [2.45, 2.75) is 0 Å². The summed E-state index contributed by atoms with van der Waals surface area (Å²) in [6.07, 6.45) is 0. The van der Waals surface area contributed by atoms with Crippen LogP contribution in [-0.2, 0) is 0 Å². The zero-order chi connectivity index (χ0) is 19.7. The maximum atomic E-state index is 12.8. The molecule has 6 nitrogen and oxygen atoms in total. The van der Waals surface area contributed by atoms with Crippen molar-refractivity contribution in [2.75, 3.05) is 19.5 Å². The first-order chi connectivity index (χ1) is 13.6. The number of nitrogens with zero attached hydrogens (tertiary/aromatic N) is 2. The maximum absolute atomic E-state index is 12.8. The number of anilines is 1. The molecule has 0 aliphatic heterocycles. The molecule has 0 spiro atoms. The van der Waals surface area contributed by atoms with Crippen LogP contribution in [-0.4, -0.2) is 30.3 Å². The van der Waals surface area contributed by atoms with Gasteiger partial charge in [0, 0.05) is 9.17 Å². The average Bonchev–Trinajstić information content (AvgIpc) is 3.33. The van der Waals surface area contributed by atoms with E-state index in [4.69, 9.17) is 9.47 Å². The number of fused-ring (bicyclic) bond motifs is 1. The summed E-state index contributed by atoms with van der Waals surface area (Å²) in [5.74, 6) is 0.491. The Hall–Kier alpha value is -2.49. The minimum Gasteiger partial charge on any atom is -0.496 e. The third-order valence-corrected chi connectivity index (χ3v) is 6.59. The summed E-state index contributed by atoms with van der Waals surface area (Å²) in [6.45, 7) is 0. The topological polar surface area (TPSA) is 73.3 Å². The van der Waals surface area contributed by atoms with Crippen LogP contribution in [0, 0.1) is 0 Å². The van der Waals surface area contributed by atoms with Gasteiger partial charge >= 0.3 is 0 Å². The van der Waals surface area contributed by atoms with E-state index in [2.05, 4.69) is 49.6 Å². The molecule has 0 aliphatic carbocycles. The van der Waals surface area contributed by atoms with Gasteiger partial charge in [0.1, 0.15) is 17.1 Å². The van der Waals surface area contributed by atoms with Gasteiger partial charge in [-0.05, 0) is 35.7 Å². The maximum Gasteiger partial charge on any atom is 0.265 e. The first-order valence-corrected chi connectivity index (χ1v) is 10.6. The molecule has 28 heavy (non-hydrogen) atoms. The third kappa shape index (κ3) is 3.60. The van der Waals surface area contributed by atoms with Crippen LogP contribution in [0.4, 0.5) is 5.13 Å². The molecule has 0 aliphatic rings. The van der Waals surface area contributed by atoms with Gasteiger partial charge in [-0.2, -0.15) is 0 Å². The van der Waals surface area contributed by atoms with Crippen LogP contribution in [0.15, 0.2) is 46.9 Å². The molecule has 9 heteroatoms. The number of hydrogen-bond donors (Lipinski definition) is 1. The molecule has 2 heterocycles. The van der Waals surface area contributed by atoms with E-state index in [1.165, 1.54) is 25.6 Å². The first-order valence-electron chi connectivity index (χ1n) is 8.14. The number of methoxy groups -OCH3 is 2. The largest absolute Gasteiger partial charge is 0.496 e. The van der Waals surface area contributed by atoms with Crippen molar-refractivity contribution in [3.8, 4) is 21.4 Å². The fraction of sp³-hybridized carbons (Fsp3) is 0.105. The number of rotatable bonds is 5. The first kappa shape index (κ1) is 18.9. The summed E-state index contributed by atoms with van der Waals surface area (Å²) < 4.78 is 12.8. The second-order valence-corrected chi connectivity index (χ2v) is 8.67. The molecule has 0 saturated heterocycles. The zero-order valence-corrected chi connectivity index (χ0v) is 18.1. The summed E-state index contributed by atoms with van der Waals surface area (Å²) >= 11 is 6.44. The Kier molecular flexibility index (Phi) is 5.29. The highest BCUT2D eigenvalue weighted by Crippen LogP contribution is 2.37. The molecule has 0 bridgehead atoms. The predicted octanol–water partition coefficient (Wildman–Crippen LogP) is 5.45. The Balaban J connectivity index is 1.60.